The van der Waals surface area contributed by atoms with E-state index in [1.54, 1.807) is 32.3 Å². The maximum atomic E-state index is 14.2. The first-order valence-corrected chi connectivity index (χ1v) is 12.4. The number of benzene rings is 2. The van der Waals surface area contributed by atoms with Gasteiger partial charge in [0.1, 0.15) is 5.82 Å². The van der Waals surface area contributed by atoms with Crippen molar-refractivity contribution in [2.45, 2.75) is 38.7 Å². The molecule has 0 N–H and O–H groups in total. The quantitative estimate of drug-likeness (QED) is 0.273. The van der Waals surface area contributed by atoms with Crippen molar-refractivity contribution in [2.24, 2.45) is 0 Å². The molecule has 8 nitrogen and oxygen atoms in total. The highest BCUT2D eigenvalue weighted by Gasteiger charge is 2.21. The molecule has 0 unspecified atom stereocenters. The average molecular weight is 521 g/mol. The van der Waals surface area contributed by atoms with Crippen molar-refractivity contribution in [3.63, 3.8) is 0 Å². The number of halogens is 2. The van der Waals surface area contributed by atoms with Crippen LogP contribution in [-0.2, 0) is 4.74 Å². The van der Waals surface area contributed by atoms with Gasteiger partial charge >= 0.3 is 5.97 Å². The zero-order valence-electron chi connectivity index (χ0n) is 21.0. The molecule has 1 aliphatic carbocycles. The number of aromatic nitrogens is 4. The van der Waals surface area contributed by atoms with E-state index in [1.807, 2.05) is 18.2 Å². The van der Waals surface area contributed by atoms with Gasteiger partial charge < -0.3 is 14.2 Å². The molecule has 0 spiro atoms. The lowest BCUT2D eigenvalue weighted by molar-refractivity contribution is 0.0518. The Bertz CT molecular complexity index is 1500. The molecule has 1 fully saturated rings. The number of esters is 1. The van der Waals surface area contributed by atoms with Gasteiger partial charge in [-0.3, -0.25) is 4.57 Å². The molecule has 0 saturated heterocycles. The molecule has 1 aliphatic rings. The van der Waals surface area contributed by atoms with Crippen molar-refractivity contribution in [1.29, 1.82) is 0 Å². The van der Waals surface area contributed by atoms with Gasteiger partial charge in [0.2, 0.25) is 0 Å². The molecule has 0 amide bonds. The number of imidazole rings is 1. The zero-order valence-corrected chi connectivity index (χ0v) is 21.0. The molecule has 0 aliphatic heterocycles. The van der Waals surface area contributed by atoms with Crippen LogP contribution in [-0.4, -0.2) is 45.5 Å². The predicted octanol–water partition coefficient (Wildman–Crippen LogP) is 5.77. The second kappa shape index (κ2) is 11.0. The molecular formula is C28H26F2N4O4. The van der Waals surface area contributed by atoms with Crippen molar-refractivity contribution in [1.82, 2.24) is 19.7 Å². The van der Waals surface area contributed by atoms with Gasteiger partial charge in [-0.05, 0) is 63.0 Å². The molecule has 196 valence electrons. The molecule has 2 aromatic carbocycles. The Morgan fingerprint density at radius 3 is 2.58 bits per heavy atom. The summed E-state index contributed by atoms with van der Waals surface area (Å²) in [6.45, 7) is 1.89. The maximum absolute atomic E-state index is 14.2. The second-order valence-electron chi connectivity index (χ2n) is 8.79. The summed E-state index contributed by atoms with van der Waals surface area (Å²) in [5, 5.41) is 8.09. The monoisotopic (exact) mass is 520 g/mol. The standard InChI is InChI=1S/C28H26F2N4O4/c1-3-37-28(35)21-12-14-26(33-32-21)34-23-16-20(30)19(29)15-22(23)31-25(34)13-11-17-7-6-10-24(36-2)27(17)38-18-8-4-5-9-18/h6-7,10-16,18H,3-5,8-9H2,1-2H3. The van der Waals surface area contributed by atoms with E-state index in [0.29, 0.717) is 17.3 Å². The molecule has 0 radical (unpaired) electrons. The number of carbonyl (C=O) groups is 1. The summed E-state index contributed by atoms with van der Waals surface area (Å²) >= 11 is 0. The van der Waals surface area contributed by atoms with Crippen LogP contribution in [0.2, 0.25) is 0 Å². The summed E-state index contributed by atoms with van der Waals surface area (Å²) in [5.74, 6) is -0.805. The Labute approximate surface area is 217 Å². The second-order valence-corrected chi connectivity index (χ2v) is 8.79. The first-order valence-electron chi connectivity index (χ1n) is 12.4. The Balaban J connectivity index is 1.58. The molecule has 2 heterocycles. The van der Waals surface area contributed by atoms with Gasteiger partial charge in [-0.2, -0.15) is 0 Å². The van der Waals surface area contributed by atoms with Crippen molar-refractivity contribution in [3.05, 3.63) is 71.2 Å². The highest BCUT2D eigenvalue weighted by atomic mass is 19.2. The highest BCUT2D eigenvalue weighted by molar-refractivity contribution is 5.87. The molecule has 4 aromatic rings. The first-order chi connectivity index (χ1) is 18.5. The maximum Gasteiger partial charge on any atom is 0.358 e. The molecule has 1 saturated carbocycles. The largest absolute Gasteiger partial charge is 0.493 e. The topological polar surface area (TPSA) is 88.4 Å². The van der Waals surface area contributed by atoms with Crippen LogP contribution in [0.5, 0.6) is 11.5 Å². The van der Waals surface area contributed by atoms with Crippen molar-refractivity contribution in [2.75, 3.05) is 13.7 Å². The van der Waals surface area contributed by atoms with Crippen molar-refractivity contribution in [3.8, 4) is 17.3 Å². The third kappa shape index (κ3) is 5.06. The SMILES string of the molecule is CCOC(=O)c1ccc(-n2c(C=Cc3cccc(OC)c3OC3CCCC3)nc3cc(F)c(F)cc32)nn1. The zero-order chi connectivity index (χ0) is 26.6. The van der Waals surface area contributed by atoms with Crippen LogP contribution in [0.3, 0.4) is 0 Å². The normalized spacial score (nSPS) is 13.9. The predicted molar refractivity (Wildman–Crippen MR) is 137 cm³/mol. The summed E-state index contributed by atoms with van der Waals surface area (Å²) in [7, 11) is 1.59. The summed E-state index contributed by atoms with van der Waals surface area (Å²) in [6.07, 6.45) is 7.83. The first kappa shape index (κ1) is 25.3. The Morgan fingerprint density at radius 1 is 1.08 bits per heavy atom. The van der Waals surface area contributed by atoms with Gasteiger partial charge in [0, 0.05) is 17.7 Å². The number of carbonyl (C=O) groups excluding carboxylic acids is 1. The molecule has 0 bridgehead atoms. The van der Waals surface area contributed by atoms with E-state index >= 15 is 0 Å². The minimum atomic E-state index is -1.02. The lowest BCUT2D eigenvalue weighted by Crippen LogP contribution is -2.12. The van der Waals surface area contributed by atoms with Gasteiger partial charge in [0.15, 0.2) is 34.6 Å². The van der Waals surface area contributed by atoms with Crippen LogP contribution in [0.25, 0.3) is 29.0 Å². The molecule has 0 atom stereocenters. The number of rotatable bonds is 8. The van der Waals surface area contributed by atoms with E-state index in [2.05, 4.69) is 15.2 Å². The number of fused-ring (bicyclic) bond motifs is 1. The minimum Gasteiger partial charge on any atom is -0.493 e. The Kier molecular flexibility index (Phi) is 7.30. The van der Waals surface area contributed by atoms with E-state index < -0.39 is 17.6 Å². The fraction of sp³-hybridized carbons (Fsp3) is 0.286. The van der Waals surface area contributed by atoms with Crippen molar-refractivity contribution < 1.29 is 27.8 Å². The van der Waals surface area contributed by atoms with E-state index in [9.17, 15) is 13.6 Å². The average Bonchev–Trinajstić information content (AvgIpc) is 3.56. The Morgan fingerprint density at radius 2 is 1.87 bits per heavy atom. The number of nitrogens with zero attached hydrogens (tertiary/aromatic N) is 4. The third-order valence-electron chi connectivity index (χ3n) is 6.31. The Hall–Kier alpha value is -4.34. The number of ether oxygens (including phenoxy) is 3. The molecule has 10 heteroatoms. The van der Waals surface area contributed by atoms with E-state index in [-0.39, 0.29) is 35.3 Å². The summed E-state index contributed by atoms with van der Waals surface area (Å²) in [4.78, 5) is 16.5. The van der Waals surface area contributed by atoms with E-state index in [1.165, 1.54) is 10.6 Å². The third-order valence-corrected chi connectivity index (χ3v) is 6.31. The van der Waals surface area contributed by atoms with Crippen LogP contribution in [0.1, 0.15) is 54.5 Å². The lowest BCUT2D eigenvalue weighted by Gasteiger charge is -2.18. The van der Waals surface area contributed by atoms with Gasteiger partial charge in [0.25, 0.3) is 0 Å². The van der Waals surface area contributed by atoms with E-state index in [4.69, 9.17) is 14.2 Å². The molecule has 38 heavy (non-hydrogen) atoms. The lowest BCUT2D eigenvalue weighted by atomic mass is 10.1. The van der Waals surface area contributed by atoms with Gasteiger partial charge in [0.05, 0.1) is 30.9 Å². The van der Waals surface area contributed by atoms with E-state index in [0.717, 1.165) is 43.4 Å². The fourth-order valence-electron chi connectivity index (χ4n) is 4.49. The summed E-state index contributed by atoms with van der Waals surface area (Å²) in [6, 6.07) is 10.7. The molecule has 5 rings (SSSR count). The minimum absolute atomic E-state index is 0.0272. The smallest absolute Gasteiger partial charge is 0.358 e. The summed E-state index contributed by atoms with van der Waals surface area (Å²) in [5.41, 5.74) is 1.30. The van der Waals surface area contributed by atoms with Crippen LogP contribution in [0.15, 0.2) is 42.5 Å². The van der Waals surface area contributed by atoms with Gasteiger partial charge in [-0.1, -0.05) is 12.1 Å². The fourth-order valence-corrected chi connectivity index (χ4v) is 4.49. The van der Waals surface area contributed by atoms with Crippen LogP contribution < -0.4 is 9.47 Å². The number of hydrogen-bond donors (Lipinski definition) is 0. The van der Waals surface area contributed by atoms with Crippen molar-refractivity contribution >= 4 is 29.2 Å². The van der Waals surface area contributed by atoms with Gasteiger partial charge in [-0.15, -0.1) is 10.2 Å². The van der Waals surface area contributed by atoms with Crippen LogP contribution >= 0.6 is 0 Å². The molecule has 2 aromatic heterocycles. The number of para-hydroxylation sites is 1. The number of methoxy groups -OCH3 is 1. The van der Waals surface area contributed by atoms with Crippen LogP contribution in [0.4, 0.5) is 8.78 Å². The summed E-state index contributed by atoms with van der Waals surface area (Å²) < 4.78 is 46.6. The highest BCUT2D eigenvalue weighted by Crippen LogP contribution is 2.36. The van der Waals surface area contributed by atoms with Gasteiger partial charge in [-0.25, -0.2) is 18.6 Å². The van der Waals surface area contributed by atoms with Crippen LogP contribution in [0, 0.1) is 11.6 Å². The molecular weight excluding hydrogens is 494 g/mol. The number of hydrogen-bond acceptors (Lipinski definition) is 7.